The molecule has 6 nitrogen and oxygen atoms in total. The largest absolute Gasteiger partial charge is 0.462 e. The topological polar surface area (TPSA) is 88.4 Å². The van der Waals surface area contributed by atoms with Crippen LogP contribution < -0.4 is 5.32 Å². The van der Waals surface area contributed by atoms with Gasteiger partial charge in [0.15, 0.2) is 0 Å². The minimum atomic E-state index is -4.99. The number of benzene rings is 3. The van der Waals surface area contributed by atoms with Crippen molar-refractivity contribution >= 4 is 23.5 Å². The lowest BCUT2D eigenvalue weighted by molar-refractivity contribution is -0.141. The molecule has 1 heterocycles. The van der Waals surface area contributed by atoms with Crippen molar-refractivity contribution < 1.29 is 32.2 Å². The fraction of sp³-hybridized carbons (Fsp3) is 0.242. The second-order valence-corrected chi connectivity index (χ2v) is 10.2. The number of alkyl halides is 3. The van der Waals surface area contributed by atoms with Gasteiger partial charge in [-0.2, -0.15) is 18.4 Å². The van der Waals surface area contributed by atoms with Gasteiger partial charge in [-0.25, -0.2) is 9.59 Å². The maximum atomic E-state index is 14.4. The van der Waals surface area contributed by atoms with E-state index < -0.39 is 35.3 Å². The predicted molar refractivity (Wildman–Crippen MR) is 155 cm³/mol. The molecule has 3 aromatic rings. The van der Waals surface area contributed by atoms with Gasteiger partial charge in [-0.15, -0.1) is 0 Å². The number of nitrogens with zero attached hydrogens (tertiary/aromatic N) is 1. The van der Waals surface area contributed by atoms with E-state index in [0.29, 0.717) is 6.42 Å². The van der Waals surface area contributed by atoms with Gasteiger partial charge >= 0.3 is 18.1 Å². The summed E-state index contributed by atoms with van der Waals surface area (Å²) in [5, 5.41) is 11.2. The molecule has 43 heavy (non-hydrogen) atoms. The van der Waals surface area contributed by atoms with E-state index in [4.69, 9.17) is 26.3 Å². The molecule has 0 saturated heterocycles. The van der Waals surface area contributed by atoms with Crippen molar-refractivity contribution in [2.75, 3.05) is 13.2 Å². The summed E-state index contributed by atoms with van der Waals surface area (Å²) in [7, 11) is 0. The Morgan fingerprint density at radius 1 is 0.907 bits per heavy atom. The maximum Gasteiger partial charge on any atom is 0.431 e. The first-order chi connectivity index (χ1) is 20.6. The zero-order chi connectivity index (χ0) is 31.0. The molecule has 1 unspecified atom stereocenters. The highest BCUT2D eigenvalue weighted by Gasteiger charge is 2.47. The number of hydrogen-bond donors (Lipinski definition) is 1. The molecule has 222 valence electrons. The second kappa shape index (κ2) is 14.1. The van der Waals surface area contributed by atoms with Crippen LogP contribution in [0.5, 0.6) is 0 Å². The van der Waals surface area contributed by atoms with Crippen molar-refractivity contribution in [3.8, 4) is 6.07 Å². The van der Waals surface area contributed by atoms with Gasteiger partial charge in [0.1, 0.15) is 12.3 Å². The van der Waals surface area contributed by atoms with E-state index in [0.717, 1.165) is 11.1 Å². The first-order valence-electron chi connectivity index (χ1n) is 13.5. The summed E-state index contributed by atoms with van der Waals surface area (Å²) in [6, 6.07) is 26.7. The quantitative estimate of drug-likeness (QED) is 0.191. The third-order valence-corrected chi connectivity index (χ3v) is 7.19. The van der Waals surface area contributed by atoms with Gasteiger partial charge in [0.2, 0.25) is 0 Å². The van der Waals surface area contributed by atoms with E-state index in [-0.39, 0.29) is 47.4 Å². The van der Waals surface area contributed by atoms with Crippen LogP contribution in [0.15, 0.2) is 107 Å². The summed E-state index contributed by atoms with van der Waals surface area (Å²) < 4.78 is 54.0. The molecule has 0 aromatic heterocycles. The van der Waals surface area contributed by atoms with E-state index in [1.54, 1.807) is 0 Å². The summed E-state index contributed by atoms with van der Waals surface area (Å²) in [6.07, 6.45) is -4.81. The van der Waals surface area contributed by atoms with Gasteiger partial charge in [0, 0.05) is 16.6 Å². The number of dihydropyridines is 1. The highest BCUT2D eigenvalue weighted by Crippen LogP contribution is 2.44. The molecule has 0 radical (unpaired) electrons. The molecule has 1 aliphatic rings. The summed E-state index contributed by atoms with van der Waals surface area (Å²) in [5.41, 5.74) is -0.412. The van der Waals surface area contributed by atoms with E-state index >= 15 is 0 Å². The number of allylic oxidation sites excluding steroid dienone is 2. The average Bonchev–Trinajstić information content (AvgIpc) is 2.99. The number of carbonyl (C=O) groups excluding carboxylic acids is 2. The highest BCUT2D eigenvalue weighted by molar-refractivity contribution is 6.30. The smallest absolute Gasteiger partial charge is 0.431 e. The lowest BCUT2D eigenvalue weighted by Gasteiger charge is -2.32. The van der Waals surface area contributed by atoms with Gasteiger partial charge < -0.3 is 14.8 Å². The number of nitriles is 1. The molecular weight excluding hydrogens is 581 g/mol. The van der Waals surface area contributed by atoms with E-state index in [1.807, 2.05) is 66.7 Å². The Bertz CT molecular complexity index is 1520. The van der Waals surface area contributed by atoms with Crippen LogP contribution >= 0.6 is 11.6 Å². The van der Waals surface area contributed by atoms with Crippen LogP contribution in [-0.2, 0) is 19.1 Å². The molecule has 0 spiro atoms. The predicted octanol–water partition coefficient (Wildman–Crippen LogP) is 7.34. The second-order valence-electron chi connectivity index (χ2n) is 9.78. The molecule has 4 rings (SSSR count). The first-order valence-corrected chi connectivity index (χ1v) is 13.8. The molecule has 0 saturated carbocycles. The number of nitrogens with one attached hydrogen (secondary N) is 1. The van der Waals surface area contributed by atoms with Gasteiger partial charge in [0.25, 0.3) is 0 Å². The summed E-state index contributed by atoms with van der Waals surface area (Å²) in [5.74, 6) is -3.89. The van der Waals surface area contributed by atoms with Gasteiger partial charge in [-0.3, -0.25) is 0 Å². The van der Waals surface area contributed by atoms with Crippen LogP contribution in [0.1, 0.15) is 48.3 Å². The Labute approximate surface area is 252 Å². The molecule has 3 aromatic carbocycles. The highest BCUT2D eigenvalue weighted by atomic mass is 35.5. The van der Waals surface area contributed by atoms with Gasteiger partial charge in [-0.1, -0.05) is 84.4 Å². The number of esters is 2. The van der Waals surface area contributed by atoms with Gasteiger partial charge in [-0.05, 0) is 42.2 Å². The van der Waals surface area contributed by atoms with Crippen LogP contribution in [-0.4, -0.2) is 31.3 Å². The zero-order valence-corrected chi connectivity index (χ0v) is 23.9. The number of ether oxygens (including phenoxy) is 2. The number of rotatable bonds is 10. The molecule has 0 aliphatic carbocycles. The van der Waals surface area contributed by atoms with Crippen LogP contribution in [0.3, 0.4) is 0 Å². The first kappa shape index (κ1) is 31.4. The van der Waals surface area contributed by atoms with E-state index in [9.17, 15) is 22.8 Å². The van der Waals surface area contributed by atoms with Crippen molar-refractivity contribution in [2.24, 2.45) is 0 Å². The standard InChI is InChI=1S/C33H28ClF3N2O4/c1-21-27(31(40)42-18-9-17-38)28(24-14-8-15-25(34)20-24)29(30(39-21)33(35,36)37)32(41)43-19-16-26(22-10-4-2-5-11-22)23-12-6-3-7-13-23/h2-8,10-15,20,26,28,39H,9,16,18-19H2,1H3. The Hall–Kier alpha value is -4.55. The fourth-order valence-electron chi connectivity index (χ4n) is 5.07. The van der Waals surface area contributed by atoms with Crippen LogP contribution in [0.4, 0.5) is 13.2 Å². The molecular formula is C33H28ClF3N2O4. The minimum Gasteiger partial charge on any atom is -0.462 e. The molecule has 1 N–H and O–H groups in total. The number of hydrogen-bond acceptors (Lipinski definition) is 6. The Morgan fingerprint density at radius 2 is 1.49 bits per heavy atom. The fourth-order valence-corrected chi connectivity index (χ4v) is 5.27. The summed E-state index contributed by atoms with van der Waals surface area (Å²) >= 11 is 6.18. The normalized spacial score (nSPS) is 15.1. The van der Waals surface area contributed by atoms with Crippen LogP contribution in [0, 0.1) is 11.3 Å². The number of halogens is 4. The molecule has 1 aliphatic heterocycles. The van der Waals surface area contributed by atoms with Crippen molar-refractivity contribution in [1.29, 1.82) is 5.26 Å². The molecule has 0 bridgehead atoms. The van der Waals surface area contributed by atoms with Crippen molar-refractivity contribution in [1.82, 2.24) is 5.32 Å². The molecule has 10 heteroatoms. The third-order valence-electron chi connectivity index (χ3n) is 6.96. The van der Waals surface area contributed by atoms with Crippen LogP contribution in [0.25, 0.3) is 0 Å². The average molecular weight is 609 g/mol. The third kappa shape index (κ3) is 7.65. The SMILES string of the molecule is CC1=C(C(=O)OCCC#N)C(c2cccc(Cl)c2)C(C(=O)OCCC(c2ccccc2)c2ccccc2)=C(C(F)(F)F)N1. The van der Waals surface area contributed by atoms with Crippen molar-refractivity contribution in [3.05, 3.63) is 129 Å². The Kier molecular flexibility index (Phi) is 10.3. The van der Waals surface area contributed by atoms with E-state index in [1.165, 1.54) is 31.2 Å². The van der Waals surface area contributed by atoms with Crippen molar-refractivity contribution in [2.45, 2.75) is 37.8 Å². The lowest BCUT2D eigenvalue weighted by atomic mass is 9.80. The summed E-state index contributed by atoms with van der Waals surface area (Å²) in [4.78, 5) is 26.8. The van der Waals surface area contributed by atoms with E-state index in [2.05, 4.69) is 5.32 Å². The maximum absolute atomic E-state index is 14.4. The van der Waals surface area contributed by atoms with Crippen molar-refractivity contribution in [3.63, 3.8) is 0 Å². The zero-order valence-electron chi connectivity index (χ0n) is 23.2. The number of carbonyl (C=O) groups is 2. The Balaban J connectivity index is 1.70. The minimum absolute atomic E-state index is 0.115. The summed E-state index contributed by atoms with van der Waals surface area (Å²) in [6.45, 7) is 0.815. The molecule has 0 amide bonds. The monoisotopic (exact) mass is 608 g/mol. The van der Waals surface area contributed by atoms with Gasteiger partial charge in [0.05, 0.1) is 36.2 Å². The van der Waals surface area contributed by atoms with Crippen LogP contribution in [0.2, 0.25) is 5.02 Å². The molecule has 0 fully saturated rings. The Morgan fingerprint density at radius 3 is 2.05 bits per heavy atom. The molecule has 1 atom stereocenters. The lowest BCUT2D eigenvalue weighted by Crippen LogP contribution is -2.38.